The Kier molecular flexibility index (Phi) is 5.46. The van der Waals surface area contributed by atoms with Gasteiger partial charge in [0.1, 0.15) is 5.82 Å². The van der Waals surface area contributed by atoms with Crippen molar-refractivity contribution in [3.63, 3.8) is 0 Å². The van der Waals surface area contributed by atoms with E-state index in [2.05, 4.69) is 20.5 Å². The molecule has 0 atom stereocenters. The van der Waals surface area contributed by atoms with Gasteiger partial charge in [0, 0.05) is 47.2 Å². The van der Waals surface area contributed by atoms with Gasteiger partial charge in [-0.15, -0.1) is 11.8 Å². The molecule has 0 unspecified atom stereocenters. The largest absolute Gasteiger partial charge is 0.326 e. The summed E-state index contributed by atoms with van der Waals surface area (Å²) in [7, 11) is 0. The van der Waals surface area contributed by atoms with E-state index < -0.39 is 0 Å². The minimum absolute atomic E-state index is 0.0232. The zero-order chi connectivity index (χ0) is 21.2. The highest BCUT2D eigenvalue weighted by atomic mass is 32.2. The molecule has 2 aliphatic rings. The summed E-state index contributed by atoms with van der Waals surface area (Å²) in [5.41, 5.74) is 2.46. The van der Waals surface area contributed by atoms with Gasteiger partial charge in [-0.3, -0.25) is 14.7 Å². The summed E-state index contributed by atoms with van der Waals surface area (Å²) in [5.74, 6) is 2.73. The van der Waals surface area contributed by atoms with Crippen LogP contribution in [0.5, 0.6) is 0 Å². The number of nitrogens with zero attached hydrogens (tertiary/aromatic N) is 3. The van der Waals surface area contributed by atoms with E-state index in [1.54, 1.807) is 16.7 Å². The molecule has 2 aromatic carbocycles. The first-order chi connectivity index (χ1) is 15.2. The number of hydrogen-bond donors (Lipinski definition) is 2. The molecule has 7 nitrogen and oxygen atoms in total. The van der Waals surface area contributed by atoms with Crippen LogP contribution in [-0.4, -0.2) is 39.3 Å². The van der Waals surface area contributed by atoms with Gasteiger partial charge in [-0.25, -0.2) is 4.98 Å². The Bertz CT molecular complexity index is 1120. The second-order valence-corrected chi connectivity index (χ2v) is 8.95. The number of amides is 2. The number of aromatic nitrogens is 3. The number of anilines is 2. The monoisotopic (exact) mass is 433 g/mol. The second-order valence-electron chi connectivity index (χ2n) is 7.81. The third-order valence-electron chi connectivity index (χ3n) is 5.47. The average Bonchev–Trinajstić information content (AvgIpc) is 3.53. The standard InChI is InChI=1S/C23H23N5O2S/c29-20(10-11-21(30)28-12-13-31-19-7-2-1-6-18(19)28)24-17-5-3-4-16(14-17)23-25-22(26-27-23)15-8-9-15/h1-7,14-15H,8-13H2,(H,24,29)(H,25,26,27). The number of nitrogens with one attached hydrogen (secondary N) is 2. The lowest BCUT2D eigenvalue weighted by molar-refractivity contribution is -0.122. The number of carbonyl (C=O) groups excluding carboxylic acids is 2. The Balaban J connectivity index is 1.19. The van der Waals surface area contributed by atoms with Crippen LogP contribution in [0.1, 0.15) is 37.4 Å². The topological polar surface area (TPSA) is 91.0 Å². The molecule has 0 radical (unpaired) electrons. The Morgan fingerprint density at radius 2 is 2.00 bits per heavy atom. The minimum Gasteiger partial charge on any atom is -0.326 e. The van der Waals surface area contributed by atoms with Gasteiger partial charge in [0.25, 0.3) is 0 Å². The highest BCUT2D eigenvalue weighted by Gasteiger charge is 2.27. The third kappa shape index (κ3) is 4.49. The number of H-pyrrole nitrogens is 1. The first kappa shape index (κ1) is 19.8. The van der Waals surface area contributed by atoms with Crippen LogP contribution in [0.2, 0.25) is 0 Å². The summed E-state index contributed by atoms with van der Waals surface area (Å²) in [4.78, 5) is 32.7. The zero-order valence-corrected chi connectivity index (χ0v) is 17.8. The van der Waals surface area contributed by atoms with Crippen molar-refractivity contribution in [3.05, 3.63) is 54.4 Å². The SMILES string of the molecule is O=C(CCC(=O)N1CCSc2ccccc21)Nc1cccc(-c2n[nH]c(C3CC3)n2)c1. The van der Waals surface area contributed by atoms with E-state index in [1.807, 2.05) is 48.5 Å². The maximum absolute atomic E-state index is 12.7. The van der Waals surface area contributed by atoms with Crippen molar-refractivity contribution >= 4 is 35.0 Å². The number of thioether (sulfide) groups is 1. The summed E-state index contributed by atoms with van der Waals surface area (Å²) in [6, 6.07) is 15.4. The zero-order valence-electron chi connectivity index (χ0n) is 17.0. The molecule has 158 valence electrons. The lowest BCUT2D eigenvalue weighted by Crippen LogP contribution is -2.35. The Morgan fingerprint density at radius 1 is 1.13 bits per heavy atom. The fraction of sp³-hybridized carbons (Fsp3) is 0.304. The highest BCUT2D eigenvalue weighted by Crippen LogP contribution is 2.38. The van der Waals surface area contributed by atoms with E-state index in [0.29, 0.717) is 24.0 Å². The van der Waals surface area contributed by atoms with Gasteiger partial charge in [-0.05, 0) is 37.1 Å². The summed E-state index contributed by atoms with van der Waals surface area (Å²) in [6.07, 6.45) is 2.63. The number of rotatable bonds is 6. The first-order valence-electron chi connectivity index (χ1n) is 10.5. The molecule has 2 heterocycles. The van der Waals surface area contributed by atoms with Crippen LogP contribution in [0.3, 0.4) is 0 Å². The van der Waals surface area contributed by atoms with E-state index in [-0.39, 0.29) is 24.7 Å². The van der Waals surface area contributed by atoms with Crippen LogP contribution in [0.25, 0.3) is 11.4 Å². The molecule has 2 N–H and O–H groups in total. The molecule has 1 aliphatic heterocycles. The molecule has 8 heteroatoms. The van der Waals surface area contributed by atoms with Crippen molar-refractivity contribution < 1.29 is 9.59 Å². The highest BCUT2D eigenvalue weighted by molar-refractivity contribution is 7.99. The predicted molar refractivity (Wildman–Crippen MR) is 121 cm³/mol. The molecule has 1 fully saturated rings. The van der Waals surface area contributed by atoms with E-state index >= 15 is 0 Å². The van der Waals surface area contributed by atoms with Crippen LogP contribution in [0.4, 0.5) is 11.4 Å². The van der Waals surface area contributed by atoms with Gasteiger partial charge in [-0.2, -0.15) is 5.10 Å². The molecule has 0 saturated heterocycles. The van der Waals surface area contributed by atoms with E-state index in [1.165, 1.54) is 0 Å². The molecule has 2 amide bonds. The lowest BCUT2D eigenvalue weighted by Gasteiger charge is -2.29. The number of fused-ring (bicyclic) bond motifs is 1. The number of para-hydroxylation sites is 1. The maximum Gasteiger partial charge on any atom is 0.227 e. The molecule has 1 aliphatic carbocycles. The summed E-state index contributed by atoms with van der Waals surface area (Å²) >= 11 is 1.76. The van der Waals surface area contributed by atoms with Gasteiger partial charge >= 0.3 is 0 Å². The van der Waals surface area contributed by atoms with Crippen molar-refractivity contribution in [2.45, 2.75) is 36.5 Å². The van der Waals surface area contributed by atoms with Gasteiger partial charge in [0.15, 0.2) is 5.82 Å². The van der Waals surface area contributed by atoms with Crippen molar-refractivity contribution in [1.82, 2.24) is 15.2 Å². The van der Waals surface area contributed by atoms with Crippen molar-refractivity contribution in [2.24, 2.45) is 0 Å². The molecule has 0 bridgehead atoms. The maximum atomic E-state index is 12.7. The number of benzene rings is 2. The van der Waals surface area contributed by atoms with Crippen molar-refractivity contribution in [1.29, 1.82) is 0 Å². The smallest absolute Gasteiger partial charge is 0.227 e. The second kappa shape index (κ2) is 8.55. The van der Waals surface area contributed by atoms with Crippen LogP contribution in [-0.2, 0) is 9.59 Å². The summed E-state index contributed by atoms with van der Waals surface area (Å²) < 4.78 is 0. The van der Waals surface area contributed by atoms with E-state index in [9.17, 15) is 9.59 Å². The molecule has 0 spiro atoms. The van der Waals surface area contributed by atoms with Crippen molar-refractivity contribution in [2.75, 3.05) is 22.5 Å². The van der Waals surface area contributed by atoms with Crippen LogP contribution in [0.15, 0.2) is 53.4 Å². The average molecular weight is 434 g/mol. The molecule has 31 heavy (non-hydrogen) atoms. The number of carbonyl (C=O) groups is 2. The fourth-order valence-corrected chi connectivity index (χ4v) is 4.68. The van der Waals surface area contributed by atoms with Gasteiger partial charge < -0.3 is 10.2 Å². The summed E-state index contributed by atoms with van der Waals surface area (Å²) in [5, 5.41) is 10.2. The Morgan fingerprint density at radius 3 is 2.87 bits per heavy atom. The van der Waals surface area contributed by atoms with Gasteiger partial charge in [0.2, 0.25) is 11.8 Å². The third-order valence-corrected chi connectivity index (χ3v) is 6.51. The fourth-order valence-electron chi connectivity index (χ4n) is 3.69. The molecule has 5 rings (SSSR count). The lowest BCUT2D eigenvalue weighted by atomic mass is 10.1. The molecule has 3 aromatic rings. The van der Waals surface area contributed by atoms with Gasteiger partial charge in [-0.1, -0.05) is 24.3 Å². The van der Waals surface area contributed by atoms with Gasteiger partial charge in [0.05, 0.1) is 5.69 Å². The quantitative estimate of drug-likeness (QED) is 0.608. The first-order valence-corrected chi connectivity index (χ1v) is 11.5. The molecular formula is C23H23N5O2S. The summed E-state index contributed by atoms with van der Waals surface area (Å²) in [6.45, 7) is 0.670. The van der Waals surface area contributed by atoms with E-state index in [0.717, 1.165) is 40.6 Å². The van der Waals surface area contributed by atoms with Crippen LogP contribution in [0, 0.1) is 0 Å². The van der Waals surface area contributed by atoms with E-state index in [4.69, 9.17) is 0 Å². The normalized spacial score (nSPS) is 15.4. The molecular weight excluding hydrogens is 410 g/mol. The Hall–Kier alpha value is -3.13. The van der Waals surface area contributed by atoms with Crippen molar-refractivity contribution in [3.8, 4) is 11.4 Å². The minimum atomic E-state index is -0.182. The molecule has 1 saturated carbocycles. The molecule has 1 aromatic heterocycles. The van der Waals surface area contributed by atoms with Crippen LogP contribution >= 0.6 is 11.8 Å². The van der Waals surface area contributed by atoms with Crippen LogP contribution < -0.4 is 10.2 Å². The Labute approximate surface area is 184 Å². The number of hydrogen-bond acceptors (Lipinski definition) is 5. The number of aromatic amines is 1. The predicted octanol–water partition coefficient (Wildman–Crippen LogP) is 4.21.